The number of hydrogen-bond acceptors (Lipinski definition) is 3. The monoisotopic (exact) mass is 407 g/mol. The highest BCUT2D eigenvalue weighted by atomic mass is 35.5. The third kappa shape index (κ3) is 4.16. The molecule has 0 spiro atoms. The highest BCUT2D eigenvalue weighted by molar-refractivity contribution is 6.30. The summed E-state index contributed by atoms with van der Waals surface area (Å²) in [4.78, 5) is 3.44. The first kappa shape index (κ1) is 19.8. The van der Waals surface area contributed by atoms with E-state index < -0.39 is 46.0 Å². The SMILES string of the molecule is OC1(c2ccc(F)c(F)c2)CCC(Oc2ccnc(Cl)c2C(F)(F)F)CC1. The van der Waals surface area contributed by atoms with E-state index in [0.717, 1.165) is 24.4 Å². The van der Waals surface area contributed by atoms with Crippen LogP contribution in [0, 0.1) is 11.6 Å². The van der Waals surface area contributed by atoms with Crippen molar-refractivity contribution in [3.05, 3.63) is 58.4 Å². The summed E-state index contributed by atoms with van der Waals surface area (Å²) in [6.07, 6.45) is -3.48. The highest BCUT2D eigenvalue weighted by Crippen LogP contribution is 2.43. The molecule has 2 aromatic rings. The minimum atomic E-state index is -4.72. The summed E-state index contributed by atoms with van der Waals surface area (Å²) in [5, 5.41) is 10.0. The maximum atomic E-state index is 13.4. The van der Waals surface area contributed by atoms with Crippen LogP contribution in [-0.2, 0) is 11.8 Å². The minimum absolute atomic E-state index is 0.128. The van der Waals surface area contributed by atoms with Crippen LogP contribution in [0.3, 0.4) is 0 Å². The van der Waals surface area contributed by atoms with Crippen LogP contribution in [0.4, 0.5) is 22.0 Å². The molecule has 0 saturated heterocycles. The van der Waals surface area contributed by atoms with E-state index in [1.54, 1.807) is 0 Å². The fourth-order valence-electron chi connectivity index (χ4n) is 3.22. The first-order valence-electron chi connectivity index (χ1n) is 8.16. The van der Waals surface area contributed by atoms with Gasteiger partial charge in [-0.15, -0.1) is 0 Å². The first-order chi connectivity index (χ1) is 12.6. The summed E-state index contributed by atoms with van der Waals surface area (Å²) in [5.41, 5.74) is -2.31. The van der Waals surface area contributed by atoms with Crippen LogP contribution in [0.15, 0.2) is 30.5 Å². The number of pyridine rings is 1. The lowest BCUT2D eigenvalue weighted by atomic mass is 9.78. The molecule has 1 aliphatic carbocycles. The molecule has 146 valence electrons. The molecule has 1 fully saturated rings. The van der Waals surface area contributed by atoms with Gasteiger partial charge in [-0.3, -0.25) is 0 Å². The van der Waals surface area contributed by atoms with Crippen molar-refractivity contribution in [2.75, 3.05) is 0 Å². The Balaban J connectivity index is 1.74. The lowest BCUT2D eigenvalue weighted by Gasteiger charge is -2.36. The summed E-state index contributed by atoms with van der Waals surface area (Å²) in [6.45, 7) is 0. The van der Waals surface area contributed by atoms with Gasteiger partial charge >= 0.3 is 6.18 Å². The van der Waals surface area contributed by atoms with Gasteiger partial charge in [-0.25, -0.2) is 13.8 Å². The highest BCUT2D eigenvalue weighted by Gasteiger charge is 2.40. The van der Waals surface area contributed by atoms with Gasteiger partial charge in [0, 0.05) is 6.20 Å². The average Bonchev–Trinajstić information content (AvgIpc) is 2.58. The van der Waals surface area contributed by atoms with E-state index in [4.69, 9.17) is 16.3 Å². The predicted molar refractivity (Wildman–Crippen MR) is 87.4 cm³/mol. The van der Waals surface area contributed by atoms with Gasteiger partial charge in [-0.05, 0) is 49.4 Å². The molecular formula is C18H15ClF5NO2. The van der Waals surface area contributed by atoms with Gasteiger partial charge in [0.2, 0.25) is 0 Å². The number of alkyl halides is 3. The lowest BCUT2D eigenvalue weighted by molar-refractivity contribution is -0.139. The van der Waals surface area contributed by atoms with Gasteiger partial charge in [-0.1, -0.05) is 17.7 Å². The molecular weight excluding hydrogens is 393 g/mol. The third-order valence-corrected chi connectivity index (χ3v) is 4.95. The topological polar surface area (TPSA) is 42.4 Å². The van der Waals surface area contributed by atoms with Crippen molar-refractivity contribution in [1.82, 2.24) is 4.98 Å². The molecule has 0 unspecified atom stereocenters. The molecule has 1 aromatic carbocycles. The molecule has 9 heteroatoms. The van der Waals surface area contributed by atoms with Gasteiger partial charge in [0.15, 0.2) is 11.6 Å². The van der Waals surface area contributed by atoms with E-state index in [1.165, 1.54) is 6.07 Å². The fourth-order valence-corrected chi connectivity index (χ4v) is 3.47. The maximum absolute atomic E-state index is 13.4. The van der Waals surface area contributed by atoms with Crippen LogP contribution in [0.5, 0.6) is 5.75 Å². The molecule has 1 aliphatic rings. The summed E-state index contributed by atoms with van der Waals surface area (Å²) in [7, 11) is 0. The van der Waals surface area contributed by atoms with E-state index >= 15 is 0 Å². The summed E-state index contributed by atoms with van der Waals surface area (Å²) in [5.74, 6) is -2.51. The molecule has 1 N–H and O–H groups in total. The van der Waals surface area contributed by atoms with E-state index in [1.807, 2.05) is 0 Å². The van der Waals surface area contributed by atoms with E-state index in [9.17, 15) is 27.1 Å². The van der Waals surface area contributed by atoms with Gasteiger partial charge in [0.05, 0.1) is 11.7 Å². The van der Waals surface area contributed by atoms with E-state index in [0.29, 0.717) is 0 Å². The van der Waals surface area contributed by atoms with E-state index in [-0.39, 0.29) is 31.2 Å². The summed E-state index contributed by atoms with van der Waals surface area (Å²) < 4.78 is 71.5. The average molecular weight is 408 g/mol. The third-order valence-electron chi connectivity index (χ3n) is 4.66. The second kappa shape index (κ2) is 7.24. The Kier molecular flexibility index (Phi) is 5.31. The molecule has 0 bridgehead atoms. The Morgan fingerprint density at radius 1 is 1.11 bits per heavy atom. The number of aliphatic hydroxyl groups is 1. The molecule has 1 aromatic heterocycles. The summed E-state index contributed by atoms with van der Waals surface area (Å²) in [6, 6.07) is 4.25. The predicted octanol–water partition coefficient (Wildman–Crippen LogP) is 5.24. The number of rotatable bonds is 3. The second-order valence-electron chi connectivity index (χ2n) is 6.45. The van der Waals surface area contributed by atoms with Crippen LogP contribution in [0.2, 0.25) is 5.15 Å². The van der Waals surface area contributed by atoms with Crippen molar-refractivity contribution in [2.24, 2.45) is 0 Å². The lowest BCUT2D eigenvalue weighted by Crippen LogP contribution is -2.36. The van der Waals surface area contributed by atoms with Crippen LogP contribution in [0.1, 0.15) is 36.8 Å². The summed E-state index contributed by atoms with van der Waals surface area (Å²) >= 11 is 5.57. The van der Waals surface area contributed by atoms with Crippen molar-refractivity contribution < 1.29 is 31.8 Å². The van der Waals surface area contributed by atoms with Crippen molar-refractivity contribution in [1.29, 1.82) is 0 Å². The Bertz CT molecular complexity index is 835. The standard InChI is InChI=1S/C18H15ClF5NO2/c19-16-15(18(22,23)24)14(5-8-25-16)27-11-3-6-17(26,7-4-11)10-1-2-12(20)13(21)9-10/h1-2,5,8-9,11,26H,3-4,6-7H2. The smallest absolute Gasteiger partial charge is 0.422 e. The number of ether oxygens (including phenoxy) is 1. The van der Waals surface area contributed by atoms with Crippen molar-refractivity contribution >= 4 is 11.6 Å². The molecule has 0 radical (unpaired) electrons. The second-order valence-corrected chi connectivity index (χ2v) is 6.81. The Morgan fingerprint density at radius 2 is 1.78 bits per heavy atom. The molecule has 0 amide bonds. The Morgan fingerprint density at radius 3 is 2.37 bits per heavy atom. The van der Waals surface area contributed by atoms with E-state index in [2.05, 4.69) is 4.98 Å². The molecule has 27 heavy (non-hydrogen) atoms. The van der Waals surface area contributed by atoms with Crippen molar-refractivity contribution in [3.63, 3.8) is 0 Å². The van der Waals surface area contributed by atoms with Gasteiger partial charge in [-0.2, -0.15) is 13.2 Å². The Hall–Kier alpha value is -1.93. The van der Waals surface area contributed by atoms with Crippen molar-refractivity contribution in [2.45, 2.75) is 43.6 Å². The molecule has 3 rings (SSSR count). The fraction of sp³-hybridized carbons (Fsp3) is 0.389. The largest absolute Gasteiger partial charge is 0.490 e. The van der Waals surface area contributed by atoms with Crippen LogP contribution in [0.25, 0.3) is 0 Å². The minimum Gasteiger partial charge on any atom is -0.490 e. The number of hydrogen-bond donors (Lipinski definition) is 1. The zero-order chi connectivity index (χ0) is 19.8. The quantitative estimate of drug-likeness (QED) is 0.559. The zero-order valence-corrected chi connectivity index (χ0v) is 14.6. The van der Waals surface area contributed by atoms with Gasteiger partial charge in [0.25, 0.3) is 0 Å². The number of benzene rings is 1. The molecule has 1 saturated carbocycles. The molecule has 0 aliphatic heterocycles. The number of nitrogens with zero attached hydrogens (tertiary/aromatic N) is 1. The zero-order valence-electron chi connectivity index (χ0n) is 13.9. The first-order valence-corrected chi connectivity index (χ1v) is 8.54. The van der Waals surface area contributed by atoms with Crippen molar-refractivity contribution in [3.8, 4) is 5.75 Å². The molecule has 0 atom stereocenters. The normalized spacial score (nSPS) is 23.3. The number of aromatic nitrogens is 1. The van der Waals surface area contributed by atoms with Crippen LogP contribution in [-0.4, -0.2) is 16.2 Å². The maximum Gasteiger partial charge on any atom is 0.422 e. The van der Waals surface area contributed by atoms with Gasteiger partial charge < -0.3 is 9.84 Å². The number of halogens is 6. The Labute approximate surface area is 156 Å². The molecule has 3 nitrogen and oxygen atoms in total. The van der Waals surface area contributed by atoms with Gasteiger partial charge in [0.1, 0.15) is 16.5 Å². The van der Waals surface area contributed by atoms with Crippen LogP contribution >= 0.6 is 11.6 Å². The molecule has 1 heterocycles. The van der Waals surface area contributed by atoms with Crippen LogP contribution < -0.4 is 4.74 Å².